The highest BCUT2D eigenvalue weighted by Gasteiger charge is 2.16. The van der Waals surface area contributed by atoms with Gasteiger partial charge >= 0.3 is 11.8 Å². The summed E-state index contributed by atoms with van der Waals surface area (Å²) < 4.78 is 0. The van der Waals surface area contributed by atoms with E-state index in [2.05, 4.69) is 64.1 Å². The summed E-state index contributed by atoms with van der Waals surface area (Å²) in [4.78, 5) is 26.4. The average molecular weight is 428 g/mol. The minimum Gasteiger partial charge on any atom is -0.367 e. The molecule has 0 aliphatic carbocycles. The summed E-state index contributed by atoms with van der Waals surface area (Å²) in [5, 5.41) is 5.38. The van der Waals surface area contributed by atoms with Crippen molar-refractivity contribution in [2.45, 2.75) is 25.8 Å². The number of benzene rings is 3. The lowest BCUT2D eigenvalue weighted by Crippen LogP contribution is -2.41. The lowest BCUT2D eigenvalue weighted by atomic mass is 9.99. The number of nitrogens with one attached hydrogen (secondary N) is 2. The first-order chi connectivity index (χ1) is 15.7. The Morgan fingerprint density at radius 1 is 0.688 bits per heavy atom. The molecular weight excluding hydrogens is 398 g/mol. The Morgan fingerprint density at radius 2 is 1.25 bits per heavy atom. The van der Waals surface area contributed by atoms with Crippen LogP contribution in [-0.2, 0) is 35.4 Å². The Morgan fingerprint density at radius 3 is 1.91 bits per heavy atom. The Kier molecular flexibility index (Phi) is 7.18. The fourth-order valence-electron chi connectivity index (χ4n) is 4.04. The lowest BCUT2D eigenvalue weighted by molar-refractivity contribution is -0.139. The van der Waals surface area contributed by atoms with Crippen LogP contribution in [0.25, 0.3) is 0 Å². The molecule has 32 heavy (non-hydrogen) atoms. The molecule has 0 saturated carbocycles. The molecule has 5 heteroatoms. The van der Waals surface area contributed by atoms with Gasteiger partial charge in [0.25, 0.3) is 0 Å². The SMILES string of the molecule is O=C(NCCc1ccccc1)C(=O)NCCc1ccc(N2CCc3ccccc3C2)cc1. The number of carbonyl (C=O) groups is 2. The number of hydrogen-bond donors (Lipinski definition) is 2. The van der Waals surface area contributed by atoms with Crippen molar-refractivity contribution in [1.29, 1.82) is 0 Å². The first-order valence-electron chi connectivity index (χ1n) is 11.2. The summed E-state index contributed by atoms with van der Waals surface area (Å²) in [6, 6.07) is 27.0. The molecule has 1 aliphatic rings. The summed E-state index contributed by atoms with van der Waals surface area (Å²) in [6.45, 7) is 2.83. The summed E-state index contributed by atoms with van der Waals surface area (Å²) in [7, 11) is 0. The molecule has 0 spiro atoms. The van der Waals surface area contributed by atoms with Gasteiger partial charge in [-0.25, -0.2) is 0 Å². The number of fused-ring (bicyclic) bond motifs is 1. The molecule has 2 N–H and O–H groups in total. The van der Waals surface area contributed by atoms with Crippen LogP contribution in [0.4, 0.5) is 5.69 Å². The zero-order valence-corrected chi connectivity index (χ0v) is 18.2. The van der Waals surface area contributed by atoms with Crippen molar-refractivity contribution >= 4 is 17.5 Å². The molecule has 4 rings (SSSR count). The van der Waals surface area contributed by atoms with Crippen LogP contribution in [0.5, 0.6) is 0 Å². The van der Waals surface area contributed by atoms with Gasteiger partial charge in [0, 0.05) is 31.9 Å². The van der Waals surface area contributed by atoms with Crippen LogP contribution in [0, 0.1) is 0 Å². The normalized spacial score (nSPS) is 12.7. The summed E-state index contributed by atoms with van der Waals surface area (Å²) in [5.74, 6) is -1.16. The van der Waals surface area contributed by atoms with Crippen molar-refractivity contribution < 1.29 is 9.59 Å². The van der Waals surface area contributed by atoms with Crippen molar-refractivity contribution in [3.63, 3.8) is 0 Å². The van der Waals surface area contributed by atoms with E-state index in [4.69, 9.17) is 0 Å². The molecule has 164 valence electrons. The van der Waals surface area contributed by atoms with Gasteiger partial charge in [0.15, 0.2) is 0 Å². The highest BCUT2D eigenvalue weighted by molar-refractivity contribution is 6.35. The van der Waals surface area contributed by atoms with E-state index >= 15 is 0 Å². The molecule has 0 radical (unpaired) electrons. The van der Waals surface area contributed by atoms with Gasteiger partial charge in [-0.15, -0.1) is 0 Å². The second-order valence-corrected chi connectivity index (χ2v) is 8.10. The van der Waals surface area contributed by atoms with Crippen molar-refractivity contribution in [1.82, 2.24) is 10.6 Å². The quantitative estimate of drug-likeness (QED) is 0.569. The zero-order chi connectivity index (χ0) is 22.2. The Bertz CT molecular complexity index is 1050. The van der Waals surface area contributed by atoms with Gasteiger partial charge in [0.1, 0.15) is 0 Å². The zero-order valence-electron chi connectivity index (χ0n) is 18.2. The molecule has 0 saturated heterocycles. The third-order valence-corrected chi connectivity index (χ3v) is 5.88. The second kappa shape index (κ2) is 10.6. The number of amides is 2. The van der Waals surface area contributed by atoms with Crippen molar-refractivity contribution in [2.75, 3.05) is 24.5 Å². The predicted octanol–water partition coefficient (Wildman–Crippen LogP) is 3.27. The van der Waals surface area contributed by atoms with Gasteiger partial charge in [-0.05, 0) is 53.6 Å². The number of anilines is 1. The minimum absolute atomic E-state index is 0.432. The Hall–Kier alpha value is -3.60. The van der Waals surface area contributed by atoms with Gasteiger partial charge in [0.2, 0.25) is 0 Å². The minimum atomic E-state index is -0.582. The monoisotopic (exact) mass is 427 g/mol. The number of hydrogen-bond acceptors (Lipinski definition) is 3. The molecule has 1 heterocycles. The molecule has 5 nitrogen and oxygen atoms in total. The van der Waals surface area contributed by atoms with Crippen LogP contribution in [0.3, 0.4) is 0 Å². The molecule has 0 fully saturated rings. The van der Waals surface area contributed by atoms with Gasteiger partial charge in [-0.1, -0.05) is 66.7 Å². The molecule has 0 bridgehead atoms. The average Bonchev–Trinajstić information content (AvgIpc) is 2.84. The van der Waals surface area contributed by atoms with Crippen LogP contribution in [0.15, 0.2) is 78.9 Å². The smallest absolute Gasteiger partial charge is 0.309 e. The summed E-state index contributed by atoms with van der Waals surface area (Å²) in [6.07, 6.45) is 2.46. The van der Waals surface area contributed by atoms with E-state index in [1.165, 1.54) is 16.8 Å². The topological polar surface area (TPSA) is 61.4 Å². The standard InChI is InChI=1S/C27H29N3O2/c31-26(28-17-14-21-6-2-1-3-7-21)27(32)29-18-15-22-10-12-25(13-11-22)30-19-16-23-8-4-5-9-24(23)20-30/h1-13H,14-20H2,(H,28,31)(H,29,32). The predicted molar refractivity (Wildman–Crippen MR) is 128 cm³/mol. The van der Waals surface area contributed by atoms with Crippen LogP contribution >= 0.6 is 0 Å². The molecule has 2 amide bonds. The molecular formula is C27H29N3O2. The Balaban J connectivity index is 1.18. The highest BCUT2D eigenvalue weighted by Crippen LogP contribution is 2.24. The molecule has 0 unspecified atom stereocenters. The largest absolute Gasteiger partial charge is 0.367 e. The number of nitrogens with zero attached hydrogens (tertiary/aromatic N) is 1. The molecule has 0 aromatic heterocycles. The maximum Gasteiger partial charge on any atom is 0.309 e. The maximum absolute atomic E-state index is 12.0. The van der Waals surface area contributed by atoms with E-state index in [1.807, 2.05) is 30.3 Å². The van der Waals surface area contributed by atoms with Crippen molar-refractivity contribution in [3.05, 3.63) is 101 Å². The molecule has 3 aromatic rings. The summed E-state index contributed by atoms with van der Waals surface area (Å²) >= 11 is 0. The van der Waals surface area contributed by atoms with E-state index in [9.17, 15) is 9.59 Å². The number of rotatable bonds is 7. The van der Waals surface area contributed by atoms with E-state index in [0.29, 0.717) is 25.9 Å². The van der Waals surface area contributed by atoms with Crippen molar-refractivity contribution in [3.8, 4) is 0 Å². The molecule has 1 aliphatic heterocycles. The lowest BCUT2D eigenvalue weighted by Gasteiger charge is -2.30. The van der Waals surface area contributed by atoms with Gasteiger partial charge in [-0.3, -0.25) is 9.59 Å². The van der Waals surface area contributed by atoms with Crippen LogP contribution in [0.1, 0.15) is 22.3 Å². The molecule has 0 atom stereocenters. The van der Waals surface area contributed by atoms with Crippen LogP contribution in [0.2, 0.25) is 0 Å². The first kappa shape index (κ1) is 21.6. The van der Waals surface area contributed by atoms with Gasteiger partial charge in [0.05, 0.1) is 0 Å². The van der Waals surface area contributed by atoms with Gasteiger partial charge < -0.3 is 15.5 Å². The fourth-order valence-corrected chi connectivity index (χ4v) is 4.04. The first-order valence-corrected chi connectivity index (χ1v) is 11.2. The van der Waals surface area contributed by atoms with E-state index in [-0.39, 0.29) is 0 Å². The third kappa shape index (κ3) is 5.76. The van der Waals surface area contributed by atoms with Crippen LogP contribution in [-0.4, -0.2) is 31.4 Å². The van der Waals surface area contributed by atoms with Crippen molar-refractivity contribution in [2.24, 2.45) is 0 Å². The van der Waals surface area contributed by atoms with E-state index in [0.717, 1.165) is 30.6 Å². The summed E-state index contributed by atoms with van der Waals surface area (Å²) in [5.41, 5.74) is 6.32. The third-order valence-electron chi connectivity index (χ3n) is 5.88. The second-order valence-electron chi connectivity index (χ2n) is 8.10. The van der Waals surface area contributed by atoms with E-state index < -0.39 is 11.8 Å². The molecule has 3 aromatic carbocycles. The van der Waals surface area contributed by atoms with Gasteiger partial charge in [-0.2, -0.15) is 0 Å². The Labute approximate surface area is 189 Å². The fraction of sp³-hybridized carbons (Fsp3) is 0.259. The number of carbonyl (C=O) groups excluding carboxylic acids is 2. The highest BCUT2D eigenvalue weighted by atomic mass is 16.2. The van der Waals surface area contributed by atoms with E-state index in [1.54, 1.807) is 0 Å². The van der Waals surface area contributed by atoms with Crippen LogP contribution < -0.4 is 15.5 Å². The maximum atomic E-state index is 12.0.